The van der Waals surface area contributed by atoms with Crippen molar-refractivity contribution in [3.63, 3.8) is 0 Å². The Balaban J connectivity index is 2.59. The second kappa shape index (κ2) is 5.39. The number of nitrogens with one attached hydrogen (secondary N) is 1. The fourth-order valence-corrected chi connectivity index (χ4v) is 2.36. The average Bonchev–Trinajstić information content (AvgIpc) is 2.39. The van der Waals surface area contributed by atoms with Gasteiger partial charge >= 0.3 is 0 Å². The fraction of sp³-hybridized carbons (Fsp3) is 0.333. The zero-order valence-corrected chi connectivity index (χ0v) is 12.1. The SMILES string of the molecule is CNc1nc(-c2ncccn2)nc(C(C)C)c1Br. The molecule has 0 radical (unpaired) electrons. The summed E-state index contributed by atoms with van der Waals surface area (Å²) in [5, 5.41) is 3.05. The number of rotatable bonds is 3. The molecule has 2 rings (SSSR count). The molecule has 2 aromatic rings. The minimum absolute atomic E-state index is 0.289. The number of aromatic nitrogens is 4. The van der Waals surface area contributed by atoms with Gasteiger partial charge < -0.3 is 5.32 Å². The van der Waals surface area contributed by atoms with Crippen LogP contribution in [0.2, 0.25) is 0 Å². The first kappa shape index (κ1) is 12.9. The molecule has 0 aromatic carbocycles. The Morgan fingerprint density at radius 2 is 1.78 bits per heavy atom. The standard InChI is InChI=1S/C12H14BrN5/c1-7(2)9-8(13)10(14-3)18-12(17-9)11-15-5-4-6-16-11/h4-7H,1-3H3,(H,14,17,18). The van der Waals surface area contributed by atoms with E-state index in [-0.39, 0.29) is 5.92 Å². The molecular formula is C12H14BrN5. The largest absolute Gasteiger partial charge is 0.372 e. The highest BCUT2D eigenvalue weighted by atomic mass is 79.9. The summed E-state index contributed by atoms with van der Waals surface area (Å²) in [5.41, 5.74) is 0.941. The van der Waals surface area contributed by atoms with Crippen LogP contribution in [0.5, 0.6) is 0 Å². The van der Waals surface area contributed by atoms with Crippen LogP contribution in [-0.4, -0.2) is 27.0 Å². The van der Waals surface area contributed by atoms with Crippen molar-refractivity contribution < 1.29 is 0 Å². The van der Waals surface area contributed by atoms with Crippen molar-refractivity contribution >= 4 is 21.7 Å². The summed E-state index contributed by atoms with van der Waals surface area (Å²) >= 11 is 3.52. The number of halogens is 1. The van der Waals surface area contributed by atoms with E-state index in [2.05, 4.69) is 55.0 Å². The van der Waals surface area contributed by atoms with Gasteiger partial charge in [-0.15, -0.1) is 0 Å². The third-order valence-electron chi connectivity index (χ3n) is 2.43. The van der Waals surface area contributed by atoms with E-state index in [0.29, 0.717) is 11.6 Å². The number of hydrogen-bond acceptors (Lipinski definition) is 5. The zero-order valence-electron chi connectivity index (χ0n) is 10.5. The highest BCUT2D eigenvalue weighted by Gasteiger charge is 2.16. The molecule has 0 fully saturated rings. The Morgan fingerprint density at radius 1 is 1.11 bits per heavy atom. The molecule has 2 aromatic heterocycles. The van der Waals surface area contributed by atoms with E-state index in [9.17, 15) is 0 Å². The Morgan fingerprint density at radius 3 is 2.33 bits per heavy atom. The molecule has 1 N–H and O–H groups in total. The van der Waals surface area contributed by atoms with E-state index in [1.165, 1.54) is 0 Å². The average molecular weight is 308 g/mol. The second-order valence-electron chi connectivity index (χ2n) is 4.07. The van der Waals surface area contributed by atoms with E-state index in [0.717, 1.165) is 16.0 Å². The Bertz CT molecular complexity index is 542. The van der Waals surface area contributed by atoms with Crippen LogP contribution >= 0.6 is 15.9 Å². The lowest BCUT2D eigenvalue weighted by Gasteiger charge is -2.12. The second-order valence-corrected chi connectivity index (χ2v) is 4.87. The summed E-state index contributed by atoms with van der Waals surface area (Å²) in [6.07, 6.45) is 3.36. The van der Waals surface area contributed by atoms with Gasteiger partial charge in [0.25, 0.3) is 0 Å². The normalized spacial score (nSPS) is 10.7. The fourth-order valence-electron chi connectivity index (χ4n) is 1.53. The van der Waals surface area contributed by atoms with Crippen molar-refractivity contribution in [2.24, 2.45) is 0 Å². The quantitative estimate of drug-likeness (QED) is 0.944. The lowest BCUT2D eigenvalue weighted by atomic mass is 10.1. The lowest BCUT2D eigenvalue weighted by Crippen LogP contribution is -2.05. The summed E-state index contributed by atoms with van der Waals surface area (Å²) in [5.74, 6) is 2.10. The van der Waals surface area contributed by atoms with E-state index >= 15 is 0 Å². The van der Waals surface area contributed by atoms with Crippen molar-refractivity contribution in [2.45, 2.75) is 19.8 Å². The zero-order chi connectivity index (χ0) is 13.1. The number of nitrogens with zero attached hydrogens (tertiary/aromatic N) is 4. The van der Waals surface area contributed by atoms with Crippen molar-refractivity contribution in [3.05, 3.63) is 28.6 Å². The number of hydrogen-bond donors (Lipinski definition) is 1. The summed E-state index contributed by atoms with van der Waals surface area (Å²) in [4.78, 5) is 17.3. The molecule has 0 amide bonds. The van der Waals surface area contributed by atoms with Gasteiger partial charge in [-0.3, -0.25) is 0 Å². The van der Waals surface area contributed by atoms with Gasteiger partial charge in [-0.05, 0) is 27.9 Å². The first-order valence-electron chi connectivity index (χ1n) is 5.66. The Hall–Kier alpha value is -1.56. The first-order valence-corrected chi connectivity index (χ1v) is 6.45. The Kier molecular flexibility index (Phi) is 3.86. The molecule has 0 aliphatic heterocycles. The van der Waals surface area contributed by atoms with Gasteiger partial charge in [-0.25, -0.2) is 19.9 Å². The summed E-state index contributed by atoms with van der Waals surface area (Å²) in [6, 6.07) is 1.77. The van der Waals surface area contributed by atoms with Crippen LogP contribution in [0, 0.1) is 0 Å². The van der Waals surface area contributed by atoms with Gasteiger partial charge in [0.05, 0.1) is 10.2 Å². The molecule has 0 aliphatic rings. The molecule has 94 valence electrons. The van der Waals surface area contributed by atoms with Crippen LogP contribution in [0.1, 0.15) is 25.5 Å². The van der Waals surface area contributed by atoms with E-state index in [4.69, 9.17) is 0 Å². The monoisotopic (exact) mass is 307 g/mol. The molecule has 0 unspecified atom stereocenters. The molecule has 0 atom stereocenters. The Labute approximate surface area is 114 Å². The molecule has 2 heterocycles. The van der Waals surface area contributed by atoms with Gasteiger partial charge in [0.2, 0.25) is 0 Å². The van der Waals surface area contributed by atoms with Gasteiger partial charge in [-0.1, -0.05) is 13.8 Å². The van der Waals surface area contributed by atoms with Gasteiger partial charge in [0.15, 0.2) is 11.6 Å². The van der Waals surface area contributed by atoms with E-state index < -0.39 is 0 Å². The van der Waals surface area contributed by atoms with Gasteiger partial charge in [-0.2, -0.15) is 0 Å². The minimum atomic E-state index is 0.289. The molecule has 0 bridgehead atoms. The lowest BCUT2D eigenvalue weighted by molar-refractivity contribution is 0.807. The van der Waals surface area contributed by atoms with Crippen LogP contribution in [0.15, 0.2) is 22.9 Å². The molecule has 6 heteroatoms. The maximum absolute atomic E-state index is 4.53. The molecule has 0 aliphatic carbocycles. The van der Waals surface area contributed by atoms with Crippen LogP contribution in [-0.2, 0) is 0 Å². The minimum Gasteiger partial charge on any atom is -0.372 e. The molecular weight excluding hydrogens is 294 g/mol. The predicted octanol–water partition coefficient (Wildman–Crippen LogP) is 2.86. The molecule has 0 saturated carbocycles. The van der Waals surface area contributed by atoms with Crippen molar-refractivity contribution in [1.29, 1.82) is 0 Å². The van der Waals surface area contributed by atoms with Crippen molar-refractivity contribution in [1.82, 2.24) is 19.9 Å². The third-order valence-corrected chi connectivity index (χ3v) is 3.21. The van der Waals surface area contributed by atoms with Crippen LogP contribution in [0.4, 0.5) is 5.82 Å². The highest BCUT2D eigenvalue weighted by Crippen LogP contribution is 2.30. The predicted molar refractivity (Wildman–Crippen MR) is 74.4 cm³/mol. The van der Waals surface area contributed by atoms with Crippen molar-refractivity contribution in [2.75, 3.05) is 12.4 Å². The smallest absolute Gasteiger partial charge is 0.200 e. The maximum Gasteiger partial charge on any atom is 0.200 e. The molecule has 18 heavy (non-hydrogen) atoms. The number of anilines is 1. The summed E-state index contributed by atoms with van der Waals surface area (Å²) in [7, 11) is 1.83. The maximum atomic E-state index is 4.53. The molecule has 5 nitrogen and oxygen atoms in total. The van der Waals surface area contributed by atoms with Crippen molar-refractivity contribution in [3.8, 4) is 11.6 Å². The molecule has 0 spiro atoms. The highest BCUT2D eigenvalue weighted by molar-refractivity contribution is 9.10. The van der Waals surface area contributed by atoms with E-state index in [1.807, 2.05) is 7.05 Å². The van der Waals surface area contributed by atoms with Gasteiger partial charge in [0, 0.05) is 19.4 Å². The van der Waals surface area contributed by atoms with Crippen LogP contribution in [0.25, 0.3) is 11.6 Å². The van der Waals surface area contributed by atoms with E-state index in [1.54, 1.807) is 18.5 Å². The third kappa shape index (κ3) is 2.48. The summed E-state index contributed by atoms with van der Waals surface area (Å²) < 4.78 is 0.889. The topological polar surface area (TPSA) is 63.6 Å². The van der Waals surface area contributed by atoms with Gasteiger partial charge in [0.1, 0.15) is 5.82 Å². The first-order chi connectivity index (χ1) is 8.63. The molecule has 0 saturated heterocycles. The van der Waals surface area contributed by atoms with Crippen LogP contribution < -0.4 is 5.32 Å². The summed E-state index contributed by atoms with van der Waals surface area (Å²) in [6.45, 7) is 4.17. The van der Waals surface area contributed by atoms with Crippen LogP contribution in [0.3, 0.4) is 0 Å².